The van der Waals surface area contributed by atoms with Gasteiger partial charge in [-0.15, -0.1) is 0 Å². The highest BCUT2D eigenvalue weighted by Gasteiger charge is 2.04. The second-order valence-electron chi connectivity index (χ2n) is 3.87. The molecular weight excluding hydrogens is 246 g/mol. The van der Waals surface area contributed by atoms with Crippen LogP contribution in [0.2, 0.25) is 0 Å². The summed E-state index contributed by atoms with van der Waals surface area (Å²) in [5.74, 6) is 1.37. The van der Waals surface area contributed by atoms with Crippen LogP contribution in [0, 0.1) is 0 Å². The first-order chi connectivity index (χ1) is 8.79. The number of aromatic amines is 1. The molecule has 2 aromatic rings. The lowest BCUT2D eigenvalue weighted by Gasteiger charge is -2.01. The number of imidazole rings is 1. The molecule has 18 heavy (non-hydrogen) atoms. The van der Waals surface area contributed by atoms with E-state index in [1.165, 1.54) is 0 Å². The summed E-state index contributed by atoms with van der Waals surface area (Å²) >= 11 is 4.01. The molecule has 1 aromatic heterocycles. The predicted molar refractivity (Wildman–Crippen MR) is 74.3 cm³/mol. The monoisotopic (exact) mass is 261 g/mol. The van der Waals surface area contributed by atoms with Gasteiger partial charge >= 0.3 is 0 Å². The van der Waals surface area contributed by atoms with Crippen molar-refractivity contribution in [3.63, 3.8) is 0 Å². The van der Waals surface area contributed by atoms with Gasteiger partial charge in [0, 0.05) is 12.0 Å². The van der Waals surface area contributed by atoms with Crippen LogP contribution in [0.15, 0.2) is 36.5 Å². The van der Waals surface area contributed by atoms with Crippen LogP contribution >= 0.6 is 12.6 Å². The third-order valence-electron chi connectivity index (χ3n) is 2.49. The van der Waals surface area contributed by atoms with Gasteiger partial charge in [-0.2, -0.15) is 12.6 Å². The number of benzene rings is 1. The van der Waals surface area contributed by atoms with Crippen LogP contribution in [0.25, 0.3) is 11.4 Å². The average molecular weight is 261 g/mol. The molecule has 0 saturated carbocycles. The van der Waals surface area contributed by atoms with Crippen molar-refractivity contribution in [3.8, 4) is 11.4 Å². The Bertz CT molecular complexity index is 510. The van der Waals surface area contributed by atoms with Crippen molar-refractivity contribution in [3.05, 3.63) is 42.2 Å². The maximum Gasteiger partial charge on any atom is 0.221 e. The van der Waals surface area contributed by atoms with Gasteiger partial charge in [0.1, 0.15) is 5.82 Å². The van der Waals surface area contributed by atoms with E-state index in [1.807, 2.05) is 30.3 Å². The molecule has 1 aromatic carbocycles. The Hall–Kier alpha value is -1.75. The van der Waals surface area contributed by atoms with Gasteiger partial charge in [-0.1, -0.05) is 30.3 Å². The van der Waals surface area contributed by atoms with E-state index in [0.717, 1.165) is 17.1 Å². The molecule has 4 nitrogen and oxygen atoms in total. The summed E-state index contributed by atoms with van der Waals surface area (Å²) < 4.78 is 0. The number of amides is 1. The number of H-pyrrole nitrogens is 1. The SMILES string of the molecule is O=C(CCS)NCc1cnc(-c2ccccc2)[nH]1. The second-order valence-corrected chi connectivity index (χ2v) is 4.32. The largest absolute Gasteiger partial charge is 0.350 e. The third-order valence-corrected chi connectivity index (χ3v) is 2.71. The molecule has 0 aliphatic heterocycles. The lowest BCUT2D eigenvalue weighted by atomic mass is 10.2. The highest BCUT2D eigenvalue weighted by molar-refractivity contribution is 7.80. The van der Waals surface area contributed by atoms with E-state index in [0.29, 0.717) is 18.7 Å². The second kappa shape index (κ2) is 6.26. The molecule has 0 fully saturated rings. The lowest BCUT2D eigenvalue weighted by molar-refractivity contribution is -0.120. The van der Waals surface area contributed by atoms with Crippen molar-refractivity contribution in [2.75, 3.05) is 5.75 Å². The molecule has 0 spiro atoms. The molecule has 0 atom stereocenters. The van der Waals surface area contributed by atoms with E-state index in [1.54, 1.807) is 6.20 Å². The maximum absolute atomic E-state index is 11.3. The minimum Gasteiger partial charge on any atom is -0.350 e. The third kappa shape index (κ3) is 3.37. The fourth-order valence-corrected chi connectivity index (χ4v) is 1.78. The molecule has 0 aliphatic carbocycles. The van der Waals surface area contributed by atoms with E-state index in [9.17, 15) is 4.79 Å². The van der Waals surface area contributed by atoms with Crippen molar-refractivity contribution in [2.45, 2.75) is 13.0 Å². The van der Waals surface area contributed by atoms with E-state index in [-0.39, 0.29) is 5.91 Å². The molecular formula is C13H15N3OS. The van der Waals surface area contributed by atoms with Crippen molar-refractivity contribution in [1.82, 2.24) is 15.3 Å². The molecule has 2 rings (SSSR count). The Labute approximate surface area is 111 Å². The number of thiol groups is 1. The Morgan fingerprint density at radius 1 is 1.33 bits per heavy atom. The summed E-state index contributed by atoms with van der Waals surface area (Å²) in [6.07, 6.45) is 2.17. The van der Waals surface area contributed by atoms with Gasteiger partial charge in [0.2, 0.25) is 5.91 Å². The number of hydrogen-bond acceptors (Lipinski definition) is 3. The number of rotatable bonds is 5. The quantitative estimate of drug-likeness (QED) is 0.721. The normalized spacial score (nSPS) is 10.3. The summed E-state index contributed by atoms with van der Waals surface area (Å²) in [7, 11) is 0. The Balaban J connectivity index is 1.97. The number of nitrogens with zero attached hydrogens (tertiary/aromatic N) is 1. The standard InChI is InChI=1S/C13H15N3OS/c17-12(6-7-18)14-8-11-9-15-13(16-11)10-4-2-1-3-5-10/h1-5,9,18H,6-8H2,(H,14,17)(H,15,16). The molecule has 1 amide bonds. The number of aromatic nitrogens is 2. The zero-order valence-electron chi connectivity index (χ0n) is 9.89. The van der Waals surface area contributed by atoms with Gasteiger partial charge in [-0.25, -0.2) is 4.98 Å². The Morgan fingerprint density at radius 3 is 2.83 bits per heavy atom. The van der Waals surface area contributed by atoms with Crippen LogP contribution in [-0.2, 0) is 11.3 Å². The van der Waals surface area contributed by atoms with Crippen LogP contribution in [0.5, 0.6) is 0 Å². The summed E-state index contributed by atoms with van der Waals surface area (Å²) in [6, 6.07) is 9.87. The van der Waals surface area contributed by atoms with Crippen molar-refractivity contribution >= 4 is 18.5 Å². The van der Waals surface area contributed by atoms with Gasteiger partial charge in [0.25, 0.3) is 0 Å². The number of hydrogen-bond donors (Lipinski definition) is 3. The van der Waals surface area contributed by atoms with Crippen LogP contribution in [0.4, 0.5) is 0 Å². The molecule has 2 N–H and O–H groups in total. The van der Waals surface area contributed by atoms with Gasteiger partial charge in [0.05, 0.1) is 18.4 Å². The van der Waals surface area contributed by atoms with Crippen LogP contribution in [-0.4, -0.2) is 21.6 Å². The minimum absolute atomic E-state index is 0.000797. The van der Waals surface area contributed by atoms with Crippen LogP contribution in [0.1, 0.15) is 12.1 Å². The lowest BCUT2D eigenvalue weighted by Crippen LogP contribution is -2.22. The highest BCUT2D eigenvalue weighted by atomic mass is 32.1. The van der Waals surface area contributed by atoms with Gasteiger partial charge in [0.15, 0.2) is 0 Å². The molecule has 94 valence electrons. The average Bonchev–Trinajstić information content (AvgIpc) is 2.87. The zero-order chi connectivity index (χ0) is 12.8. The van der Waals surface area contributed by atoms with Crippen molar-refractivity contribution in [1.29, 1.82) is 0 Å². The first kappa shape index (κ1) is 12.7. The van der Waals surface area contributed by atoms with E-state index in [4.69, 9.17) is 0 Å². The Kier molecular flexibility index (Phi) is 4.41. The highest BCUT2D eigenvalue weighted by Crippen LogP contribution is 2.14. The number of nitrogens with one attached hydrogen (secondary N) is 2. The summed E-state index contributed by atoms with van der Waals surface area (Å²) in [6.45, 7) is 0.465. The first-order valence-corrected chi connectivity index (χ1v) is 6.39. The summed E-state index contributed by atoms with van der Waals surface area (Å²) in [4.78, 5) is 18.8. The molecule has 0 aliphatic rings. The van der Waals surface area contributed by atoms with E-state index in [2.05, 4.69) is 27.9 Å². The van der Waals surface area contributed by atoms with Crippen molar-refractivity contribution < 1.29 is 4.79 Å². The smallest absolute Gasteiger partial charge is 0.221 e. The minimum atomic E-state index is 0.000797. The van der Waals surface area contributed by atoms with E-state index >= 15 is 0 Å². The van der Waals surface area contributed by atoms with Gasteiger partial charge in [-0.3, -0.25) is 4.79 Å². The molecule has 0 bridgehead atoms. The summed E-state index contributed by atoms with van der Waals surface area (Å²) in [5, 5.41) is 2.81. The molecule has 0 radical (unpaired) electrons. The van der Waals surface area contributed by atoms with Crippen LogP contribution in [0.3, 0.4) is 0 Å². The Morgan fingerprint density at radius 2 is 2.11 bits per heavy atom. The predicted octanol–water partition coefficient (Wildman–Crippen LogP) is 2.01. The van der Waals surface area contributed by atoms with E-state index < -0.39 is 0 Å². The van der Waals surface area contributed by atoms with Gasteiger partial charge in [-0.05, 0) is 5.75 Å². The maximum atomic E-state index is 11.3. The number of carbonyl (C=O) groups is 1. The topological polar surface area (TPSA) is 57.8 Å². The fraction of sp³-hybridized carbons (Fsp3) is 0.231. The first-order valence-electron chi connectivity index (χ1n) is 5.76. The molecule has 1 heterocycles. The number of carbonyl (C=O) groups excluding carboxylic acids is 1. The van der Waals surface area contributed by atoms with Crippen molar-refractivity contribution in [2.24, 2.45) is 0 Å². The molecule has 0 saturated heterocycles. The fourth-order valence-electron chi connectivity index (χ4n) is 1.58. The summed E-state index contributed by atoms with van der Waals surface area (Å²) in [5.41, 5.74) is 1.92. The van der Waals surface area contributed by atoms with Gasteiger partial charge < -0.3 is 10.3 Å². The zero-order valence-corrected chi connectivity index (χ0v) is 10.8. The molecule has 0 unspecified atom stereocenters. The molecule has 5 heteroatoms. The van der Waals surface area contributed by atoms with Crippen LogP contribution < -0.4 is 5.32 Å².